The molecule has 0 atom stereocenters. The van der Waals surface area contributed by atoms with Crippen LogP contribution in [0.5, 0.6) is 0 Å². The molecule has 0 spiro atoms. The number of rotatable bonds is 3. The van der Waals surface area contributed by atoms with Gasteiger partial charge in [-0.25, -0.2) is 0 Å². The molecular formula is C14H15NS. The third kappa shape index (κ3) is 1.68. The number of nitrogens with one attached hydrogen (secondary N) is 1. The van der Waals surface area contributed by atoms with Gasteiger partial charge in [-0.15, -0.1) is 11.3 Å². The van der Waals surface area contributed by atoms with Crippen LogP contribution in [-0.4, -0.2) is 13.1 Å². The molecule has 1 aromatic carbocycles. The molecule has 1 aromatic heterocycles. The molecule has 1 aliphatic heterocycles. The van der Waals surface area contributed by atoms with Gasteiger partial charge >= 0.3 is 0 Å². The van der Waals surface area contributed by atoms with E-state index in [4.69, 9.17) is 0 Å². The van der Waals surface area contributed by atoms with Crippen molar-refractivity contribution >= 4 is 11.3 Å². The minimum absolute atomic E-state index is 0.339. The Morgan fingerprint density at radius 3 is 2.44 bits per heavy atom. The fourth-order valence-corrected chi connectivity index (χ4v) is 3.25. The van der Waals surface area contributed by atoms with E-state index >= 15 is 0 Å². The lowest BCUT2D eigenvalue weighted by molar-refractivity contribution is 0.276. The van der Waals surface area contributed by atoms with Crippen molar-refractivity contribution < 1.29 is 0 Å². The Labute approximate surface area is 100 Å². The summed E-state index contributed by atoms with van der Waals surface area (Å²) in [4.78, 5) is 1.49. The Kier molecular flexibility index (Phi) is 2.54. The average molecular weight is 229 g/mol. The van der Waals surface area contributed by atoms with Crippen LogP contribution in [-0.2, 0) is 11.8 Å². The molecule has 1 fully saturated rings. The lowest BCUT2D eigenvalue weighted by Crippen LogP contribution is -2.58. The van der Waals surface area contributed by atoms with Gasteiger partial charge in [-0.1, -0.05) is 36.4 Å². The van der Waals surface area contributed by atoms with E-state index in [1.54, 1.807) is 0 Å². The molecular weight excluding hydrogens is 214 g/mol. The molecule has 3 rings (SSSR count). The van der Waals surface area contributed by atoms with Crippen molar-refractivity contribution in [3.63, 3.8) is 0 Å². The van der Waals surface area contributed by atoms with Crippen molar-refractivity contribution in [2.75, 3.05) is 13.1 Å². The molecule has 1 aliphatic rings. The summed E-state index contributed by atoms with van der Waals surface area (Å²) >= 11 is 1.87. The maximum Gasteiger partial charge on any atom is 0.0250 e. The number of benzene rings is 1. The average Bonchev–Trinajstić information content (AvgIpc) is 2.77. The molecule has 1 nitrogen and oxygen atoms in total. The van der Waals surface area contributed by atoms with E-state index in [9.17, 15) is 0 Å². The predicted molar refractivity (Wildman–Crippen MR) is 69.0 cm³/mol. The van der Waals surface area contributed by atoms with Gasteiger partial charge in [-0.05, 0) is 23.4 Å². The van der Waals surface area contributed by atoms with Gasteiger partial charge in [0.15, 0.2) is 0 Å². The molecule has 2 heterocycles. The summed E-state index contributed by atoms with van der Waals surface area (Å²) in [6.07, 6.45) is 1.17. The van der Waals surface area contributed by atoms with E-state index in [1.807, 2.05) is 11.3 Å². The van der Waals surface area contributed by atoms with Gasteiger partial charge in [0.05, 0.1) is 0 Å². The summed E-state index contributed by atoms with van der Waals surface area (Å²) in [6.45, 7) is 2.21. The Bertz CT molecular complexity index is 443. The first-order chi connectivity index (χ1) is 7.89. The molecule has 2 aromatic rings. The monoisotopic (exact) mass is 229 g/mol. The fraction of sp³-hybridized carbons (Fsp3) is 0.286. The first-order valence-electron chi connectivity index (χ1n) is 5.68. The van der Waals surface area contributed by atoms with Gasteiger partial charge in [-0.3, -0.25) is 0 Å². The van der Waals surface area contributed by atoms with Crippen molar-refractivity contribution in [1.82, 2.24) is 5.32 Å². The predicted octanol–water partition coefficient (Wildman–Crippen LogP) is 2.83. The van der Waals surface area contributed by atoms with Crippen molar-refractivity contribution in [2.24, 2.45) is 0 Å². The lowest BCUT2D eigenvalue weighted by Gasteiger charge is -2.43. The van der Waals surface area contributed by atoms with Crippen LogP contribution >= 0.6 is 11.3 Å². The van der Waals surface area contributed by atoms with Crippen molar-refractivity contribution in [2.45, 2.75) is 11.8 Å². The molecule has 1 saturated heterocycles. The molecule has 16 heavy (non-hydrogen) atoms. The molecule has 0 saturated carbocycles. The van der Waals surface area contributed by atoms with Crippen LogP contribution in [0, 0.1) is 0 Å². The Morgan fingerprint density at radius 1 is 1.06 bits per heavy atom. The van der Waals surface area contributed by atoms with Crippen LogP contribution in [0.15, 0.2) is 47.8 Å². The zero-order valence-corrected chi connectivity index (χ0v) is 9.96. The second-order valence-electron chi connectivity index (χ2n) is 4.51. The molecule has 0 amide bonds. The quantitative estimate of drug-likeness (QED) is 0.853. The number of thiophene rings is 1. The molecule has 0 radical (unpaired) electrons. The van der Waals surface area contributed by atoms with Crippen LogP contribution in [0.3, 0.4) is 0 Å². The van der Waals surface area contributed by atoms with Crippen LogP contribution in [0.2, 0.25) is 0 Å². The maximum absolute atomic E-state index is 3.42. The van der Waals surface area contributed by atoms with Crippen LogP contribution in [0.4, 0.5) is 0 Å². The molecule has 0 bridgehead atoms. The van der Waals surface area contributed by atoms with Crippen molar-refractivity contribution in [3.05, 3.63) is 58.3 Å². The zero-order valence-electron chi connectivity index (χ0n) is 9.15. The highest BCUT2D eigenvalue weighted by atomic mass is 32.1. The third-order valence-corrected chi connectivity index (χ3v) is 4.28. The first-order valence-corrected chi connectivity index (χ1v) is 6.56. The van der Waals surface area contributed by atoms with E-state index in [0.29, 0.717) is 5.41 Å². The van der Waals surface area contributed by atoms with Crippen LogP contribution in [0.25, 0.3) is 0 Å². The van der Waals surface area contributed by atoms with Crippen LogP contribution in [0.1, 0.15) is 10.4 Å². The number of hydrogen-bond donors (Lipinski definition) is 1. The normalized spacial score (nSPS) is 18.0. The molecule has 0 unspecified atom stereocenters. The molecule has 2 heteroatoms. The summed E-state index contributed by atoms with van der Waals surface area (Å²) in [6, 6.07) is 15.3. The van der Waals surface area contributed by atoms with Gasteiger partial charge < -0.3 is 5.32 Å². The largest absolute Gasteiger partial charge is 0.315 e. The summed E-state index contributed by atoms with van der Waals surface area (Å²) in [5.41, 5.74) is 1.81. The molecule has 82 valence electrons. The standard InChI is InChI=1S/C14H15NS/c1-2-5-12(6-3-1)14(10-15-11-14)9-13-7-4-8-16-13/h1-8,15H,9-11H2. The Morgan fingerprint density at radius 2 is 1.88 bits per heavy atom. The van der Waals surface area contributed by atoms with Gasteiger partial charge in [0, 0.05) is 23.4 Å². The topological polar surface area (TPSA) is 12.0 Å². The van der Waals surface area contributed by atoms with Gasteiger partial charge in [0.2, 0.25) is 0 Å². The Hall–Kier alpha value is -1.12. The summed E-state index contributed by atoms with van der Waals surface area (Å²) in [5.74, 6) is 0. The van der Waals surface area contributed by atoms with Gasteiger partial charge in [0.25, 0.3) is 0 Å². The zero-order chi connectivity index (χ0) is 10.8. The summed E-state index contributed by atoms with van der Waals surface area (Å²) < 4.78 is 0. The van der Waals surface area contributed by atoms with E-state index in [-0.39, 0.29) is 0 Å². The molecule has 0 aliphatic carbocycles. The van der Waals surface area contributed by atoms with E-state index in [1.165, 1.54) is 16.9 Å². The van der Waals surface area contributed by atoms with Crippen molar-refractivity contribution in [3.8, 4) is 0 Å². The summed E-state index contributed by atoms with van der Waals surface area (Å²) in [5, 5.41) is 5.58. The summed E-state index contributed by atoms with van der Waals surface area (Å²) in [7, 11) is 0. The lowest BCUT2D eigenvalue weighted by atomic mass is 9.72. The second kappa shape index (κ2) is 4.04. The third-order valence-electron chi connectivity index (χ3n) is 3.41. The van der Waals surface area contributed by atoms with E-state index < -0.39 is 0 Å². The highest BCUT2D eigenvalue weighted by molar-refractivity contribution is 7.09. The smallest absolute Gasteiger partial charge is 0.0250 e. The minimum Gasteiger partial charge on any atom is -0.315 e. The van der Waals surface area contributed by atoms with Crippen LogP contribution < -0.4 is 5.32 Å². The first kappa shape index (κ1) is 10.1. The highest BCUT2D eigenvalue weighted by Crippen LogP contribution is 2.33. The second-order valence-corrected chi connectivity index (χ2v) is 5.54. The SMILES string of the molecule is c1ccc(C2(Cc3cccs3)CNC2)cc1. The Balaban J connectivity index is 1.89. The van der Waals surface area contributed by atoms with E-state index in [0.717, 1.165) is 13.1 Å². The minimum atomic E-state index is 0.339. The van der Waals surface area contributed by atoms with Gasteiger partial charge in [0.1, 0.15) is 0 Å². The van der Waals surface area contributed by atoms with Gasteiger partial charge in [-0.2, -0.15) is 0 Å². The maximum atomic E-state index is 3.42. The fourth-order valence-electron chi connectivity index (χ4n) is 2.40. The van der Waals surface area contributed by atoms with Crippen molar-refractivity contribution in [1.29, 1.82) is 0 Å². The molecule has 1 N–H and O–H groups in total. The van der Waals surface area contributed by atoms with E-state index in [2.05, 4.69) is 53.2 Å². The highest BCUT2D eigenvalue weighted by Gasteiger charge is 2.38. The number of hydrogen-bond acceptors (Lipinski definition) is 2.